The van der Waals surface area contributed by atoms with Gasteiger partial charge in [-0.1, -0.05) is 24.0 Å². The molecule has 3 aromatic carbocycles. The Labute approximate surface area is 301 Å². The molecule has 1 unspecified atom stereocenters. The second-order valence-corrected chi connectivity index (χ2v) is 16.4. The van der Waals surface area contributed by atoms with Gasteiger partial charge in [0.2, 0.25) is 17.7 Å². The number of aromatic hydroxyl groups is 1. The maximum absolute atomic E-state index is 15.7. The van der Waals surface area contributed by atoms with E-state index in [-0.39, 0.29) is 41.6 Å². The molecule has 1 atom stereocenters. The van der Waals surface area contributed by atoms with E-state index >= 15 is 4.39 Å². The van der Waals surface area contributed by atoms with Crippen LogP contribution in [-0.4, -0.2) is 70.8 Å². The molecule has 3 aliphatic heterocycles. The molecular formula is C37H33FN6O8S. The van der Waals surface area contributed by atoms with Crippen molar-refractivity contribution in [2.24, 2.45) is 17.9 Å². The van der Waals surface area contributed by atoms with Crippen LogP contribution in [0.2, 0.25) is 0 Å². The Bertz CT molecular complexity index is 2610. The predicted molar refractivity (Wildman–Crippen MR) is 188 cm³/mol. The number of nitrogens with zero attached hydrogens (tertiary/aromatic N) is 4. The number of likely N-dealkylation sites (tertiary alicyclic amines) is 1. The zero-order valence-corrected chi connectivity index (χ0v) is 29.3. The highest BCUT2D eigenvalue weighted by atomic mass is 32.2. The maximum atomic E-state index is 15.7. The van der Waals surface area contributed by atoms with Gasteiger partial charge in [0, 0.05) is 42.9 Å². The number of benzene rings is 3. The third-order valence-electron chi connectivity index (χ3n) is 11.7. The fraction of sp³-hybridized carbons (Fsp3) is 0.378. The van der Waals surface area contributed by atoms with Crippen LogP contribution < -0.4 is 20.0 Å². The van der Waals surface area contributed by atoms with E-state index < -0.39 is 62.7 Å². The lowest BCUT2D eigenvalue weighted by Crippen LogP contribution is -2.44. The molecule has 4 heterocycles. The van der Waals surface area contributed by atoms with Crippen molar-refractivity contribution in [1.29, 1.82) is 0 Å². The molecule has 14 nitrogen and oxygen atoms in total. The first-order valence-corrected chi connectivity index (χ1v) is 18.8. The van der Waals surface area contributed by atoms with Gasteiger partial charge in [-0.05, 0) is 79.3 Å². The smallest absolute Gasteiger partial charge is 0.329 e. The lowest BCUT2D eigenvalue weighted by molar-refractivity contribution is -0.136. The number of imidazole rings is 1. The summed E-state index contributed by atoms with van der Waals surface area (Å²) in [5.41, 5.74) is 0.960. The van der Waals surface area contributed by atoms with Gasteiger partial charge in [-0.15, -0.1) is 0 Å². The van der Waals surface area contributed by atoms with Gasteiger partial charge in [-0.2, -0.15) is 8.42 Å². The normalized spacial score (nSPS) is 26.2. The van der Waals surface area contributed by atoms with Gasteiger partial charge in [-0.25, -0.2) is 18.2 Å². The van der Waals surface area contributed by atoms with Crippen LogP contribution in [0, 0.1) is 28.5 Å². The molecule has 272 valence electrons. The molecule has 0 spiro atoms. The van der Waals surface area contributed by atoms with Crippen molar-refractivity contribution in [3.63, 3.8) is 0 Å². The van der Waals surface area contributed by atoms with Gasteiger partial charge in [0.1, 0.15) is 24.0 Å². The average molecular weight is 741 g/mol. The number of imide groups is 1. The minimum atomic E-state index is -4.35. The summed E-state index contributed by atoms with van der Waals surface area (Å²) in [4.78, 5) is 64.8. The standard InChI is InChI=1S/C37H33FN6O8S/c1-41-27-15-22(4-5-25(27)44(35(41)50)26-6-7-29(46)39-33(26)48)21-9-12-42(13-10-21)34(49)37-18-36(37,19-37)11-8-20-2-3-23-16-28(45)32(31(38)24(23)14-20)43-17-30(47)40-53(43,51)52/h2-5,14-16,21,26,45H,6-7,9-10,12-13,17-19H2,1H3,(H,40,47)(H,39,46,48). The van der Waals surface area contributed by atoms with E-state index in [0.29, 0.717) is 52.2 Å². The van der Waals surface area contributed by atoms with Gasteiger partial charge in [0.25, 0.3) is 5.91 Å². The number of piperidine rings is 2. The topological polar surface area (TPSA) is 180 Å². The van der Waals surface area contributed by atoms with Crippen LogP contribution in [0.3, 0.4) is 0 Å². The van der Waals surface area contributed by atoms with Crippen LogP contribution in [0.15, 0.2) is 47.3 Å². The molecule has 9 rings (SSSR count). The number of aromatic nitrogens is 2. The van der Waals surface area contributed by atoms with E-state index in [0.717, 1.165) is 18.4 Å². The fourth-order valence-corrected chi connectivity index (χ4v) is 9.68. The number of carbonyl (C=O) groups is 4. The van der Waals surface area contributed by atoms with E-state index in [2.05, 4.69) is 17.2 Å². The summed E-state index contributed by atoms with van der Waals surface area (Å²) < 4.78 is 45.6. The largest absolute Gasteiger partial charge is 0.506 e. The summed E-state index contributed by atoms with van der Waals surface area (Å²) in [6.45, 7) is 0.501. The average Bonchev–Trinajstić information content (AvgIpc) is 3.90. The van der Waals surface area contributed by atoms with E-state index in [4.69, 9.17) is 0 Å². The van der Waals surface area contributed by atoms with Crippen molar-refractivity contribution in [1.82, 2.24) is 24.1 Å². The van der Waals surface area contributed by atoms with Crippen molar-refractivity contribution < 1.29 is 37.1 Å². The number of fused-ring (bicyclic) bond motifs is 3. The number of halogens is 1. The Morgan fingerprint density at radius 3 is 2.43 bits per heavy atom. The maximum Gasteiger partial charge on any atom is 0.329 e. The molecule has 5 aliphatic rings. The number of carbonyl (C=O) groups excluding carboxylic acids is 4. The first kappa shape index (κ1) is 33.2. The third-order valence-corrected chi connectivity index (χ3v) is 13.1. The molecule has 2 saturated carbocycles. The molecule has 5 fully saturated rings. The fourth-order valence-electron chi connectivity index (χ4n) is 8.52. The Balaban J connectivity index is 0.880. The minimum Gasteiger partial charge on any atom is -0.506 e. The second kappa shape index (κ2) is 11.2. The highest BCUT2D eigenvalue weighted by molar-refractivity contribution is 7.92. The van der Waals surface area contributed by atoms with Crippen molar-refractivity contribution in [3.8, 4) is 17.6 Å². The molecule has 53 heavy (non-hydrogen) atoms. The van der Waals surface area contributed by atoms with Crippen LogP contribution in [0.1, 0.15) is 61.6 Å². The molecule has 3 saturated heterocycles. The van der Waals surface area contributed by atoms with Crippen molar-refractivity contribution in [3.05, 3.63) is 69.9 Å². The van der Waals surface area contributed by atoms with Gasteiger partial charge >= 0.3 is 15.9 Å². The molecule has 0 bridgehead atoms. The van der Waals surface area contributed by atoms with Crippen LogP contribution in [0.25, 0.3) is 21.8 Å². The highest BCUT2D eigenvalue weighted by Gasteiger charge is 2.87. The number of amides is 4. The molecule has 16 heteroatoms. The van der Waals surface area contributed by atoms with Crippen LogP contribution in [0.5, 0.6) is 5.75 Å². The number of hydrogen-bond acceptors (Lipinski definition) is 8. The molecule has 4 amide bonds. The first-order chi connectivity index (χ1) is 25.2. The van der Waals surface area contributed by atoms with Crippen LogP contribution in [-0.2, 0) is 36.4 Å². The van der Waals surface area contributed by atoms with Crippen molar-refractivity contribution in [2.75, 3.05) is 23.9 Å². The number of aryl methyl sites for hydroxylation is 1. The summed E-state index contributed by atoms with van der Waals surface area (Å²) in [7, 11) is -2.68. The van der Waals surface area contributed by atoms with Crippen molar-refractivity contribution in [2.45, 2.75) is 50.5 Å². The van der Waals surface area contributed by atoms with Crippen LogP contribution >= 0.6 is 0 Å². The third kappa shape index (κ3) is 4.97. The zero-order chi connectivity index (χ0) is 37.2. The van der Waals surface area contributed by atoms with Gasteiger partial charge in [0.15, 0.2) is 5.82 Å². The van der Waals surface area contributed by atoms with Gasteiger partial charge in [-0.3, -0.25) is 33.6 Å². The number of hydrogen-bond donors (Lipinski definition) is 3. The number of nitrogens with one attached hydrogen (secondary N) is 2. The number of phenols is 1. The lowest BCUT2D eigenvalue weighted by Gasteiger charge is -2.33. The summed E-state index contributed by atoms with van der Waals surface area (Å²) in [5.74, 6) is 3.33. The number of rotatable bonds is 4. The highest BCUT2D eigenvalue weighted by Crippen LogP contribution is 2.86. The predicted octanol–water partition coefficient (Wildman–Crippen LogP) is 2.03. The Hall–Kier alpha value is -5.69. The van der Waals surface area contributed by atoms with E-state index in [9.17, 15) is 37.5 Å². The summed E-state index contributed by atoms with van der Waals surface area (Å²) >= 11 is 0. The van der Waals surface area contributed by atoms with E-state index in [1.54, 1.807) is 23.9 Å². The number of anilines is 1. The molecule has 1 aromatic heterocycles. The van der Waals surface area contributed by atoms with E-state index in [1.807, 2.05) is 23.1 Å². The molecule has 0 radical (unpaired) electrons. The first-order valence-electron chi connectivity index (χ1n) is 17.4. The summed E-state index contributed by atoms with van der Waals surface area (Å²) in [6, 6.07) is 11.0. The molecule has 4 aromatic rings. The van der Waals surface area contributed by atoms with Crippen molar-refractivity contribution >= 4 is 61.3 Å². The second-order valence-electron chi connectivity index (χ2n) is 14.8. The zero-order valence-electron chi connectivity index (χ0n) is 28.4. The van der Waals surface area contributed by atoms with E-state index in [1.165, 1.54) is 21.3 Å². The molecule has 2 aliphatic carbocycles. The monoisotopic (exact) mass is 740 g/mol. The lowest BCUT2D eigenvalue weighted by atomic mass is 9.89. The quantitative estimate of drug-likeness (QED) is 0.210. The van der Waals surface area contributed by atoms with Gasteiger partial charge in [0.05, 0.1) is 16.4 Å². The Kier molecular flexibility index (Phi) is 6.98. The number of phenolic OH excluding ortho intramolecular Hbond substituents is 1. The SMILES string of the molecule is Cn1c(=O)n(C2CCC(=O)NC2=O)c2ccc(C3CCN(C(=O)C45CC4(C#Cc4ccc6cc(O)c(N7CC(=O)NS7(=O)=O)c(F)c6c4)C5)CC3)cc21. The van der Waals surface area contributed by atoms with Gasteiger partial charge < -0.3 is 10.0 Å². The molecular weight excluding hydrogens is 708 g/mol. The summed E-state index contributed by atoms with van der Waals surface area (Å²) in [5, 5.41) is 13.1. The Morgan fingerprint density at radius 2 is 1.74 bits per heavy atom. The Morgan fingerprint density at radius 1 is 0.981 bits per heavy atom. The summed E-state index contributed by atoms with van der Waals surface area (Å²) in [6.07, 6.45) is 3.22. The minimum absolute atomic E-state index is 0.0294. The molecule has 3 N–H and O–H groups in total. The van der Waals surface area contributed by atoms with Crippen LogP contribution in [0.4, 0.5) is 10.1 Å².